The summed E-state index contributed by atoms with van der Waals surface area (Å²) in [6, 6.07) is 15.8. The lowest BCUT2D eigenvalue weighted by molar-refractivity contribution is -0.138. The van der Waals surface area contributed by atoms with E-state index in [0.717, 1.165) is 73.2 Å². The first-order valence-electron chi connectivity index (χ1n) is 13.5. The van der Waals surface area contributed by atoms with E-state index < -0.39 is 11.7 Å². The third kappa shape index (κ3) is 7.29. The Morgan fingerprint density at radius 2 is 1.66 bits per heavy atom. The molecule has 7 nitrogen and oxygen atoms in total. The molecule has 4 rings (SSSR count). The zero-order valence-corrected chi connectivity index (χ0v) is 24.6. The van der Waals surface area contributed by atoms with Gasteiger partial charge in [0.05, 0.1) is 18.6 Å². The fraction of sp³-hybridized carbons (Fsp3) is 0.533. The Hall–Kier alpha value is -2.58. The van der Waals surface area contributed by atoms with Crippen LogP contribution in [0, 0.1) is 5.41 Å². The van der Waals surface area contributed by atoms with Gasteiger partial charge in [-0.1, -0.05) is 40.2 Å². The molecule has 2 fully saturated rings. The molecule has 1 spiro atoms. The van der Waals surface area contributed by atoms with Crippen molar-refractivity contribution in [1.29, 1.82) is 0 Å². The highest BCUT2D eigenvalue weighted by Gasteiger charge is 2.47. The average Bonchev–Trinajstić information content (AvgIpc) is 3.17. The number of ether oxygens (including phenoxy) is 2. The van der Waals surface area contributed by atoms with Crippen LogP contribution in [0.5, 0.6) is 5.75 Å². The smallest absolute Gasteiger partial charge is 0.408 e. The number of carbonyl (C=O) groups excluding carboxylic acids is 2. The van der Waals surface area contributed by atoms with Gasteiger partial charge in [0.1, 0.15) is 11.4 Å². The summed E-state index contributed by atoms with van der Waals surface area (Å²) in [5.74, 6) is 1.09. The van der Waals surface area contributed by atoms with Crippen LogP contribution in [0.4, 0.5) is 4.79 Å². The first kappa shape index (κ1) is 28.4. The summed E-state index contributed by atoms with van der Waals surface area (Å²) in [5.41, 5.74) is 1.39. The summed E-state index contributed by atoms with van der Waals surface area (Å²) in [6.45, 7) is 9.71. The number of likely N-dealkylation sites (tertiary alicyclic amines) is 2. The number of benzene rings is 2. The van der Waals surface area contributed by atoms with Gasteiger partial charge in [-0.2, -0.15) is 0 Å². The van der Waals surface area contributed by atoms with Gasteiger partial charge in [0.15, 0.2) is 0 Å². The van der Waals surface area contributed by atoms with Crippen LogP contribution in [0.25, 0.3) is 0 Å². The molecule has 2 aliphatic heterocycles. The summed E-state index contributed by atoms with van der Waals surface area (Å²) < 4.78 is 11.9. The summed E-state index contributed by atoms with van der Waals surface area (Å²) >= 11 is 3.48. The highest BCUT2D eigenvalue weighted by atomic mass is 79.9. The first-order chi connectivity index (χ1) is 18.1. The maximum absolute atomic E-state index is 13.4. The topological polar surface area (TPSA) is 71.1 Å². The summed E-state index contributed by atoms with van der Waals surface area (Å²) in [4.78, 5) is 30.5. The number of amides is 2. The first-order valence-corrected chi connectivity index (χ1v) is 14.3. The second-order valence-corrected chi connectivity index (χ2v) is 12.4. The summed E-state index contributed by atoms with van der Waals surface area (Å²) in [6.07, 6.45) is 3.04. The number of rotatable bonds is 8. The third-order valence-corrected chi connectivity index (χ3v) is 8.17. The predicted molar refractivity (Wildman–Crippen MR) is 152 cm³/mol. The second kappa shape index (κ2) is 12.1. The van der Waals surface area contributed by atoms with E-state index in [1.54, 1.807) is 7.11 Å². The van der Waals surface area contributed by atoms with Gasteiger partial charge in [-0.25, -0.2) is 4.79 Å². The van der Waals surface area contributed by atoms with Crippen molar-refractivity contribution in [2.24, 2.45) is 5.41 Å². The average molecular weight is 587 g/mol. The van der Waals surface area contributed by atoms with E-state index in [0.29, 0.717) is 12.5 Å². The van der Waals surface area contributed by atoms with Crippen LogP contribution in [-0.4, -0.2) is 60.7 Å². The standard InChI is InChI=1S/C30H40BrN3O4/c1-29(2,3)38-28(36)32-26(23-7-11-25(37-4)12-8-23)13-17-33-18-14-30(15-19-33)16-20-34(27(30)35)21-22-5-9-24(31)10-6-22/h5-12,26H,13-21H2,1-4H3,(H,32,36). The number of alkyl carbamates (subject to hydrolysis) is 1. The molecule has 2 saturated heterocycles. The number of nitrogens with zero attached hydrogens (tertiary/aromatic N) is 2. The minimum Gasteiger partial charge on any atom is -0.497 e. The molecule has 1 atom stereocenters. The highest BCUT2D eigenvalue weighted by Crippen LogP contribution is 2.42. The number of hydrogen-bond donors (Lipinski definition) is 1. The predicted octanol–water partition coefficient (Wildman–Crippen LogP) is 5.93. The maximum atomic E-state index is 13.4. The molecule has 8 heteroatoms. The molecule has 2 aromatic carbocycles. The molecule has 2 heterocycles. The normalized spacial score (nSPS) is 18.4. The molecular formula is C30H40BrN3O4. The molecule has 206 valence electrons. The number of halogens is 1. The molecule has 2 aromatic rings. The second-order valence-electron chi connectivity index (χ2n) is 11.5. The van der Waals surface area contributed by atoms with Gasteiger partial charge in [-0.05, 0) is 94.9 Å². The molecule has 2 aliphatic rings. The van der Waals surface area contributed by atoms with E-state index in [2.05, 4.69) is 38.3 Å². The third-order valence-electron chi connectivity index (χ3n) is 7.64. The van der Waals surface area contributed by atoms with Crippen molar-refractivity contribution in [1.82, 2.24) is 15.1 Å². The molecule has 38 heavy (non-hydrogen) atoms. The quantitative estimate of drug-likeness (QED) is 0.416. The lowest BCUT2D eigenvalue weighted by Gasteiger charge is -2.38. The van der Waals surface area contributed by atoms with Crippen molar-refractivity contribution in [3.63, 3.8) is 0 Å². The van der Waals surface area contributed by atoms with Crippen LogP contribution in [0.15, 0.2) is 53.0 Å². The van der Waals surface area contributed by atoms with Crippen LogP contribution in [0.2, 0.25) is 0 Å². The maximum Gasteiger partial charge on any atom is 0.408 e. The monoisotopic (exact) mass is 585 g/mol. The summed E-state index contributed by atoms with van der Waals surface area (Å²) in [7, 11) is 1.64. The lowest BCUT2D eigenvalue weighted by Crippen LogP contribution is -2.45. The number of carbonyl (C=O) groups is 2. The van der Waals surface area contributed by atoms with Gasteiger partial charge >= 0.3 is 6.09 Å². The molecule has 0 bridgehead atoms. The number of nitrogens with one attached hydrogen (secondary N) is 1. The van der Waals surface area contributed by atoms with Crippen molar-refractivity contribution in [3.8, 4) is 5.75 Å². The Bertz CT molecular complexity index is 1090. The molecule has 1 N–H and O–H groups in total. The van der Waals surface area contributed by atoms with E-state index >= 15 is 0 Å². The Balaban J connectivity index is 1.33. The van der Waals surface area contributed by atoms with Crippen LogP contribution in [0.3, 0.4) is 0 Å². The highest BCUT2D eigenvalue weighted by molar-refractivity contribution is 9.10. The molecule has 2 amide bonds. The van der Waals surface area contributed by atoms with Crippen LogP contribution < -0.4 is 10.1 Å². The van der Waals surface area contributed by atoms with E-state index in [1.165, 1.54) is 0 Å². The van der Waals surface area contributed by atoms with Crippen molar-refractivity contribution in [2.45, 2.75) is 64.6 Å². The van der Waals surface area contributed by atoms with Gasteiger partial charge < -0.3 is 24.6 Å². The Kier molecular flexibility index (Phi) is 9.04. The van der Waals surface area contributed by atoms with Gasteiger partial charge in [-0.3, -0.25) is 4.79 Å². The van der Waals surface area contributed by atoms with Gasteiger partial charge in [0.2, 0.25) is 5.91 Å². The van der Waals surface area contributed by atoms with Crippen molar-refractivity contribution in [2.75, 3.05) is 33.3 Å². The molecule has 0 saturated carbocycles. The van der Waals surface area contributed by atoms with Crippen molar-refractivity contribution < 1.29 is 19.1 Å². The van der Waals surface area contributed by atoms with Crippen LogP contribution in [-0.2, 0) is 16.1 Å². The molecule has 0 radical (unpaired) electrons. The molecule has 0 aliphatic carbocycles. The van der Waals surface area contributed by atoms with E-state index in [9.17, 15) is 9.59 Å². The Morgan fingerprint density at radius 1 is 1.03 bits per heavy atom. The number of methoxy groups -OCH3 is 1. The van der Waals surface area contributed by atoms with Crippen LogP contribution in [0.1, 0.15) is 63.6 Å². The Morgan fingerprint density at radius 3 is 2.26 bits per heavy atom. The largest absolute Gasteiger partial charge is 0.497 e. The molecule has 0 aromatic heterocycles. The zero-order chi connectivity index (χ0) is 27.3. The van der Waals surface area contributed by atoms with Crippen molar-refractivity contribution in [3.05, 3.63) is 64.1 Å². The lowest BCUT2D eigenvalue weighted by atomic mass is 9.77. The fourth-order valence-corrected chi connectivity index (χ4v) is 5.71. The zero-order valence-electron chi connectivity index (χ0n) is 23.0. The fourth-order valence-electron chi connectivity index (χ4n) is 5.44. The van der Waals surface area contributed by atoms with Gasteiger partial charge in [0.25, 0.3) is 0 Å². The van der Waals surface area contributed by atoms with Crippen molar-refractivity contribution >= 4 is 27.9 Å². The SMILES string of the molecule is COc1ccc(C(CCN2CCC3(CC2)CCN(Cc2ccc(Br)cc2)C3=O)NC(=O)OC(C)(C)C)cc1. The number of hydrogen-bond acceptors (Lipinski definition) is 5. The minimum absolute atomic E-state index is 0.179. The minimum atomic E-state index is -0.561. The molecule has 1 unspecified atom stereocenters. The Labute approximate surface area is 235 Å². The summed E-state index contributed by atoms with van der Waals surface area (Å²) in [5, 5.41) is 3.06. The van der Waals surface area contributed by atoms with Crippen LogP contribution >= 0.6 is 15.9 Å². The number of piperidine rings is 1. The molecular weight excluding hydrogens is 546 g/mol. The van der Waals surface area contributed by atoms with E-state index in [-0.39, 0.29) is 11.5 Å². The van der Waals surface area contributed by atoms with E-state index in [1.807, 2.05) is 62.1 Å². The van der Waals surface area contributed by atoms with Gasteiger partial charge in [-0.15, -0.1) is 0 Å². The van der Waals surface area contributed by atoms with Gasteiger partial charge in [0, 0.05) is 24.1 Å². The van der Waals surface area contributed by atoms with E-state index in [4.69, 9.17) is 9.47 Å².